The normalized spacial score (nSPS) is 10.7. The van der Waals surface area contributed by atoms with E-state index in [1.165, 1.54) is 0 Å². The van der Waals surface area contributed by atoms with Crippen molar-refractivity contribution < 1.29 is 4.79 Å². The van der Waals surface area contributed by atoms with E-state index in [1.54, 1.807) is 0 Å². The minimum Gasteiger partial charge on any atom is -0.343 e. The van der Waals surface area contributed by atoms with Crippen molar-refractivity contribution in [1.29, 1.82) is 0 Å². The number of hydrogen-bond acceptors (Lipinski definition) is 4. The van der Waals surface area contributed by atoms with Gasteiger partial charge in [0.2, 0.25) is 5.91 Å². The molecular formula is C13H25N5O. The second-order valence-electron chi connectivity index (χ2n) is 4.59. The van der Waals surface area contributed by atoms with Crippen LogP contribution in [0.25, 0.3) is 0 Å². The van der Waals surface area contributed by atoms with Gasteiger partial charge in [0.25, 0.3) is 0 Å². The SMILES string of the molecule is CCCCc1nnnn1CCCC(=O)N(CC)CC. The molecule has 0 atom stereocenters. The number of nitrogens with zero attached hydrogens (tertiary/aromatic N) is 5. The fourth-order valence-electron chi connectivity index (χ4n) is 2.03. The zero-order valence-electron chi connectivity index (χ0n) is 12.3. The number of hydrogen-bond donors (Lipinski definition) is 0. The first kappa shape index (κ1) is 15.6. The number of aryl methyl sites for hydroxylation is 2. The first-order chi connectivity index (χ1) is 9.22. The largest absolute Gasteiger partial charge is 0.343 e. The van der Waals surface area contributed by atoms with Crippen LogP contribution in [0.2, 0.25) is 0 Å². The average Bonchev–Trinajstić information content (AvgIpc) is 2.85. The van der Waals surface area contributed by atoms with Crippen molar-refractivity contribution in [3.05, 3.63) is 5.82 Å². The van der Waals surface area contributed by atoms with Gasteiger partial charge >= 0.3 is 0 Å². The van der Waals surface area contributed by atoms with Gasteiger partial charge in [-0.2, -0.15) is 0 Å². The van der Waals surface area contributed by atoms with Crippen LogP contribution in [0.15, 0.2) is 0 Å². The highest BCUT2D eigenvalue weighted by atomic mass is 16.2. The summed E-state index contributed by atoms with van der Waals surface area (Å²) >= 11 is 0. The smallest absolute Gasteiger partial charge is 0.222 e. The van der Waals surface area contributed by atoms with Crippen LogP contribution in [0.1, 0.15) is 52.3 Å². The molecule has 0 N–H and O–H groups in total. The summed E-state index contributed by atoms with van der Waals surface area (Å²) in [5, 5.41) is 11.7. The van der Waals surface area contributed by atoms with Crippen molar-refractivity contribution in [2.24, 2.45) is 0 Å². The molecule has 1 aromatic rings. The van der Waals surface area contributed by atoms with E-state index in [0.717, 1.165) is 51.1 Å². The fourth-order valence-corrected chi connectivity index (χ4v) is 2.03. The van der Waals surface area contributed by atoms with Crippen molar-refractivity contribution in [2.75, 3.05) is 13.1 Å². The van der Waals surface area contributed by atoms with Crippen LogP contribution >= 0.6 is 0 Å². The van der Waals surface area contributed by atoms with Gasteiger partial charge in [0.05, 0.1) is 0 Å². The molecule has 1 amide bonds. The molecular weight excluding hydrogens is 242 g/mol. The van der Waals surface area contributed by atoms with E-state index in [-0.39, 0.29) is 5.91 Å². The molecule has 0 fully saturated rings. The Labute approximate surface area is 115 Å². The lowest BCUT2D eigenvalue weighted by atomic mass is 10.2. The Morgan fingerprint density at radius 2 is 1.95 bits per heavy atom. The van der Waals surface area contributed by atoms with E-state index in [9.17, 15) is 4.79 Å². The first-order valence-corrected chi connectivity index (χ1v) is 7.25. The Morgan fingerprint density at radius 1 is 1.21 bits per heavy atom. The molecule has 0 bridgehead atoms. The quantitative estimate of drug-likeness (QED) is 0.682. The van der Waals surface area contributed by atoms with Gasteiger partial charge in [-0.15, -0.1) is 5.10 Å². The maximum absolute atomic E-state index is 11.9. The van der Waals surface area contributed by atoms with Crippen molar-refractivity contribution in [2.45, 2.75) is 59.4 Å². The summed E-state index contributed by atoms with van der Waals surface area (Å²) in [6, 6.07) is 0. The third-order valence-electron chi connectivity index (χ3n) is 3.24. The van der Waals surface area contributed by atoms with Crippen LogP contribution in [0.4, 0.5) is 0 Å². The van der Waals surface area contributed by atoms with E-state index in [0.29, 0.717) is 6.42 Å². The topological polar surface area (TPSA) is 63.9 Å². The molecule has 0 aromatic carbocycles. The number of amides is 1. The van der Waals surface area contributed by atoms with E-state index >= 15 is 0 Å². The number of aromatic nitrogens is 4. The summed E-state index contributed by atoms with van der Waals surface area (Å²) in [7, 11) is 0. The zero-order chi connectivity index (χ0) is 14.1. The molecule has 0 radical (unpaired) electrons. The molecule has 0 unspecified atom stereocenters. The Kier molecular flexibility index (Phi) is 7.07. The van der Waals surface area contributed by atoms with Crippen molar-refractivity contribution in [3.63, 3.8) is 0 Å². The van der Waals surface area contributed by atoms with Gasteiger partial charge in [0.1, 0.15) is 0 Å². The number of unbranched alkanes of at least 4 members (excludes halogenated alkanes) is 1. The van der Waals surface area contributed by atoms with Crippen LogP contribution in [0.5, 0.6) is 0 Å². The molecule has 1 heterocycles. The van der Waals surface area contributed by atoms with Crippen molar-refractivity contribution in [1.82, 2.24) is 25.1 Å². The highest BCUT2D eigenvalue weighted by molar-refractivity contribution is 5.75. The summed E-state index contributed by atoms with van der Waals surface area (Å²) in [5.41, 5.74) is 0. The van der Waals surface area contributed by atoms with Gasteiger partial charge in [-0.3, -0.25) is 4.79 Å². The summed E-state index contributed by atoms with van der Waals surface area (Å²) in [4.78, 5) is 13.7. The van der Waals surface area contributed by atoms with Gasteiger partial charge in [-0.05, 0) is 37.1 Å². The van der Waals surface area contributed by atoms with Gasteiger partial charge in [-0.25, -0.2) is 4.68 Å². The van der Waals surface area contributed by atoms with Crippen LogP contribution < -0.4 is 0 Å². The van der Waals surface area contributed by atoms with E-state index < -0.39 is 0 Å². The van der Waals surface area contributed by atoms with Crippen LogP contribution in [-0.4, -0.2) is 44.1 Å². The Hall–Kier alpha value is -1.46. The lowest BCUT2D eigenvalue weighted by Crippen LogP contribution is -2.30. The van der Waals surface area contributed by atoms with Crippen molar-refractivity contribution >= 4 is 5.91 Å². The molecule has 108 valence electrons. The fraction of sp³-hybridized carbons (Fsp3) is 0.846. The monoisotopic (exact) mass is 267 g/mol. The number of rotatable bonds is 9. The molecule has 0 spiro atoms. The third kappa shape index (κ3) is 4.96. The summed E-state index contributed by atoms with van der Waals surface area (Å²) < 4.78 is 1.82. The molecule has 6 nitrogen and oxygen atoms in total. The van der Waals surface area contributed by atoms with Crippen molar-refractivity contribution in [3.8, 4) is 0 Å². The van der Waals surface area contributed by atoms with Gasteiger partial charge in [0, 0.05) is 32.5 Å². The Morgan fingerprint density at radius 3 is 2.58 bits per heavy atom. The molecule has 0 aliphatic rings. The third-order valence-corrected chi connectivity index (χ3v) is 3.24. The minimum atomic E-state index is 0.216. The lowest BCUT2D eigenvalue weighted by Gasteiger charge is -2.18. The van der Waals surface area contributed by atoms with Crippen LogP contribution in [0, 0.1) is 0 Å². The number of tetrazole rings is 1. The predicted octanol–water partition coefficient (Wildman–Crippen LogP) is 1.66. The highest BCUT2D eigenvalue weighted by Crippen LogP contribution is 2.04. The average molecular weight is 267 g/mol. The predicted molar refractivity (Wildman–Crippen MR) is 73.6 cm³/mol. The summed E-state index contributed by atoms with van der Waals surface area (Å²) in [6.07, 6.45) is 4.49. The van der Waals surface area contributed by atoms with Crippen LogP contribution in [-0.2, 0) is 17.8 Å². The number of carbonyl (C=O) groups excluding carboxylic acids is 1. The molecule has 0 aliphatic carbocycles. The second kappa shape index (κ2) is 8.61. The zero-order valence-corrected chi connectivity index (χ0v) is 12.3. The molecule has 0 saturated heterocycles. The molecule has 1 aromatic heterocycles. The van der Waals surface area contributed by atoms with E-state index in [4.69, 9.17) is 0 Å². The first-order valence-electron chi connectivity index (χ1n) is 7.25. The molecule has 0 aliphatic heterocycles. The lowest BCUT2D eigenvalue weighted by molar-refractivity contribution is -0.130. The maximum Gasteiger partial charge on any atom is 0.222 e. The van der Waals surface area contributed by atoms with E-state index in [2.05, 4.69) is 22.4 Å². The molecule has 0 saturated carbocycles. The van der Waals surface area contributed by atoms with Crippen LogP contribution in [0.3, 0.4) is 0 Å². The van der Waals surface area contributed by atoms with Gasteiger partial charge in [-0.1, -0.05) is 13.3 Å². The molecule has 6 heteroatoms. The van der Waals surface area contributed by atoms with Gasteiger partial charge < -0.3 is 4.90 Å². The minimum absolute atomic E-state index is 0.216. The Balaban J connectivity index is 2.36. The maximum atomic E-state index is 11.9. The highest BCUT2D eigenvalue weighted by Gasteiger charge is 2.10. The standard InChI is InChI=1S/C13H25N5O/c1-4-7-9-12-14-15-16-18(12)11-8-10-13(19)17(5-2)6-3/h4-11H2,1-3H3. The summed E-state index contributed by atoms with van der Waals surface area (Å²) in [5.74, 6) is 1.14. The molecule has 1 rings (SSSR count). The summed E-state index contributed by atoms with van der Waals surface area (Å²) in [6.45, 7) is 8.44. The second-order valence-corrected chi connectivity index (χ2v) is 4.59. The number of carbonyl (C=O) groups is 1. The Bertz CT molecular complexity index is 373. The van der Waals surface area contributed by atoms with E-state index in [1.807, 2.05) is 23.4 Å². The van der Waals surface area contributed by atoms with Gasteiger partial charge in [0.15, 0.2) is 5.82 Å². The molecule has 19 heavy (non-hydrogen) atoms.